The highest BCUT2D eigenvalue weighted by atomic mass is 32.1. The fraction of sp³-hybridized carbons (Fsp3) is 0.435. The molecule has 1 aromatic carbocycles. The van der Waals surface area contributed by atoms with E-state index in [1.165, 1.54) is 16.9 Å². The Balaban J connectivity index is 1.53. The minimum Gasteiger partial charge on any atom is -0.478 e. The predicted molar refractivity (Wildman–Crippen MR) is 116 cm³/mol. The average Bonchev–Trinajstić information content (AvgIpc) is 3.04. The van der Waals surface area contributed by atoms with Crippen molar-refractivity contribution in [2.45, 2.75) is 52.0 Å². The number of carbonyl (C=O) groups is 3. The molecule has 0 bridgehead atoms. The molecule has 158 valence electrons. The first-order chi connectivity index (χ1) is 14.5. The van der Waals surface area contributed by atoms with E-state index in [2.05, 4.69) is 12.2 Å². The van der Waals surface area contributed by atoms with Crippen LogP contribution in [0.25, 0.3) is 0 Å². The monoisotopic (exact) mass is 426 g/mol. The number of nitrogens with zero attached hydrogens (tertiary/aromatic N) is 1. The largest absolute Gasteiger partial charge is 0.478 e. The molecule has 2 heterocycles. The van der Waals surface area contributed by atoms with Gasteiger partial charge in [-0.15, -0.1) is 11.3 Å². The van der Waals surface area contributed by atoms with Crippen LogP contribution in [-0.4, -0.2) is 34.3 Å². The maximum absolute atomic E-state index is 12.7. The van der Waals surface area contributed by atoms with Crippen LogP contribution in [0.3, 0.4) is 0 Å². The smallest absolute Gasteiger partial charge is 0.339 e. The molecule has 0 atom stereocenters. The quantitative estimate of drug-likeness (QED) is 0.720. The molecule has 1 fully saturated rings. The molecular formula is C23H26N2O4S. The van der Waals surface area contributed by atoms with Crippen molar-refractivity contribution in [2.75, 3.05) is 11.9 Å². The molecule has 2 N–H and O–H groups in total. The van der Waals surface area contributed by atoms with Crippen LogP contribution >= 0.6 is 11.3 Å². The van der Waals surface area contributed by atoms with Gasteiger partial charge in [0.2, 0.25) is 5.91 Å². The van der Waals surface area contributed by atoms with Crippen molar-refractivity contribution >= 4 is 34.1 Å². The van der Waals surface area contributed by atoms with Crippen molar-refractivity contribution < 1.29 is 19.5 Å². The van der Waals surface area contributed by atoms with Crippen molar-refractivity contribution in [3.8, 4) is 0 Å². The lowest BCUT2D eigenvalue weighted by Crippen LogP contribution is -2.41. The zero-order valence-electron chi connectivity index (χ0n) is 17.1. The summed E-state index contributed by atoms with van der Waals surface area (Å²) in [6.45, 7) is 3.07. The van der Waals surface area contributed by atoms with Crippen LogP contribution in [0.1, 0.15) is 69.3 Å². The minimum absolute atomic E-state index is 0.125. The van der Waals surface area contributed by atoms with Crippen molar-refractivity contribution in [1.29, 1.82) is 0 Å². The number of carbonyl (C=O) groups excluding carboxylic acids is 2. The zero-order valence-corrected chi connectivity index (χ0v) is 17.9. The van der Waals surface area contributed by atoms with E-state index in [9.17, 15) is 19.5 Å². The topological polar surface area (TPSA) is 86.7 Å². The summed E-state index contributed by atoms with van der Waals surface area (Å²) in [5, 5.41) is 12.9. The summed E-state index contributed by atoms with van der Waals surface area (Å²) in [7, 11) is 0. The van der Waals surface area contributed by atoms with Crippen LogP contribution < -0.4 is 5.32 Å². The summed E-state index contributed by atoms with van der Waals surface area (Å²) in [5.41, 5.74) is 2.59. The lowest BCUT2D eigenvalue weighted by molar-refractivity contribution is -0.139. The molecule has 1 aliphatic carbocycles. The highest BCUT2D eigenvalue weighted by Gasteiger charge is 2.34. The summed E-state index contributed by atoms with van der Waals surface area (Å²) in [6, 6.07) is 7.40. The molecule has 30 heavy (non-hydrogen) atoms. The second kappa shape index (κ2) is 8.60. The van der Waals surface area contributed by atoms with Crippen LogP contribution in [0.5, 0.6) is 0 Å². The minimum atomic E-state index is -1.04. The van der Waals surface area contributed by atoms with Gasteiger partial charge in [0, 0.05) is 22.9 Å². The molecule has 0 unspecified atom stereocenters. The van der Waals surface area contributed by atoms with Crippen molar-refractivity contribution in [2.24, 2.45) is 5.92 Å². The number of amides is 2. The van der Waals surface area contributed by atoms with Crippen LogP contribution in [-0.2, 0) is 24.2 Å². The molecule has 6 nitrogen and oxygen atoms in total. The first-order valence-corrected chi connectivity index (χ1v) is 11.4. The Morgan fingerprint density at radius 2 is 1.93 bits per heavy atom. The number of anilines is 1. The van der Waals surface area contributed by atoms with E-state index in [0.717, 1.165) is 42.5 Å². The molecule has 7 heteroatoms. The molecule has 2 aromatic rings. The first-order valence-electron chi connectivity index (χ1n) is 10.5. The molecule has 1 saturated carbocycles. The Morgan fingerprint density at radius 1 is 1.20 bits per heavy atom. The van der Waals surface area contributed by atoms with E-state index in [0.29, 0.717) is 30.1 Å². The third-order valence-corrected chi connectivity index (χ3v) is 7.15. The van der Waals surface area contributed by atoms with Crippen LogP contribution in [0.2, 0.25) is 0 Å². The fourth-order valence-corrected chi connectivity index (χ4v) is 5.36. The number of aryl methyl sites for hydroxylation is 1. The number of nitrogens with one attached hydrogen (secondary N) is 1. The Morgan fingerprint density at radius 3 is 2.53 bits per heavy atom. The van der Waals surface area contributed by atoms with Gasteiger partial charge in [-0.05, 0) is 48.9 Å². The number of fused-ring (bicyclic) bond motifs is 1. The number of aromatic carboxylic acids is 1. The maximum Gasteiger partial charge on any atom is 0.339 e. The lowest BCUT2D eigenvalue weighted by Gasteiger charge is -2.33. The summed E-state index contributed by atoms with van der Waals surface area (Å²) < 4.78 is 0. The summed E-state index contributed by atoms with van der Waals surface area (Å²) >= 11 is 1.28. The number of rotatable bonds is 6. The van der Waals surface area contributed by atoms with Crippen LogP contribution in [0.15, 0.2) is 24.3 Å². The van der Waals surface area contributed by atoms with Crippen molar-refractivity contribution in [3.63, 3.8) is 0 Å². The van der Waals surface area contributed by atoms with E-state index < -0.39 is 5.97 Å². The molecular weight excluding hydrogens is 400 g/mol. The van der Waals surface area contributed by atoms with E-state index >= 15 is 0 Å². The molecule has 1 aromatic heterocycles. The zero-order chi connectivity index (χ0) is 21.3. The number of hydrogen-bond donors (Lipinski definition) is 2. The second-order valence-corrected chi connectivity index (χ2v) is 9.16. The predicted octanol–water partition coefficient (Wildman–Crippen LogP) is 4.34. The molecule has 1 aliphatic heterocycles. The molecule has 2 aliphatic rings. The third kappa shape index (κ3) is 3.99. The second-order valence-electron chi connectivity index (χ2n) is 8.05. The maximum atomic E-state index is 12.7. The Bertz CT molecular complexity index is 976. The normalized spacial score (nSPS) is 16.0. The molecule has 4 rings (SSSR count). The van der Waals surface area contributed by atoms with Gasteiger partial charge in [-0.25, -0.2) is 4.79 Å². The number of benzene rings is 1. The number of hydrogen-bond acceptors (Lipinski definition) is 4. The molecule has 0 saturated heterocycles. The Hall–Kier alpha value is -2.67. The van der Waals surface area contributed by atoms with E-state index in [4.69, 9.17) is 0 Å². The van der Waals surface area contributed by atoms with Crippen LogP contribution in [0.4, 0.5) is 5.00 Å². The average molecular weight is 427 g/mol. The number of thiophene rings is 1. The summed E-state index contributed by atoms with van der Waals surface area (Å²) in [6.07, 6.45) is 5.50. The number of carboxylic acids is 1. The summed E-state index contributed by atoms with van der Waals surface area (Å²) in [4.78, 5) is 40.0. The molecule has 2 amide bonds. The Labute approximate surface area is 179 Å². The highest BCUT2D eigenvalue weighted by Crippen LogP contribution is 2.38. The number of carboxylic acid groups (broad SMARTS) is 1. The van der Waals surface area contributed by atoms with Gasteiger partial charge >= 0.3 is 5.97 Å². The van der Waals surface area contributed by atoms with Crippen molar-refractivity contribution in [1.82, 2.24) is 4.90 Å². The van der Waals surface area contributed by atoms with Crippen LogP contribution in [0, 0.1) is 5.92 Å². The first kappa shape index (κ1) is 20.6. The van der Waals surface area contributed by atoms with Gasteiger partial charge in [-0.1, -0.05) is 31.9 Å². The van der Waals surface area contributed by atoms with Gasteiger partial charge in [0.15, 0.2) is 0 Å². The van der Waals surface area contributed by atoms with Gasteiger partial charge in [0.05, 0.1) is 12.1 Å². The molecule has 0 spiro atoms. The van der Waals surface area contributed by atoms with E-state index in [-0.39, 0.29) is 23.3 Å². The van der Waals surface area contributed by atoms with Gasteiger partial charge < -0.3 is 15.3 Å². The third-order valence-electron chi connectivity index (χ3n) is 6.02. The lowest BCUT2D eigenvalue weighted by atomic mass is 9.84. The Kier molecular flexibility index (Phi) is 5.90. The van der Waals surface area contributed by atoms with Gasteiger partial charge in [0.25, 0.3) is 5.91 Å². The van der Waals surface area contributed by atoms with E-state index in [1.807, 2.05) is 17.0 Å². The SMILES string of the molecule is CCCc1ccc(C(=O)Nc2sc3c(c2C(=O)O)CCN(C(=O)C2CCC2)C3)cc1. The van der Waals surface area contributed by atoms with Gasteiger partial charge in [-0.3, -0.25) is 9.59 Å². The highest BCUT2D eigenvalue weighted by molar-refractivity contribution is 7.17. The summed E-state index contributed by atoms with van der Waals surface area (Å²) in [5.74, 6) is -1.06. The fourth-order valence-electron chi connectivity index (χ4n) is 4.11. The van der Waals surface area contributed by atoms with Gasteiger partial charge in [-0.2, -0.15) is 0 Å². The van der Waals surface area contributed by atoms with Crippen molar-refractivity contribution in [3.05, 3.63) is 51.4 Å². The van der Waals surface area contributed by atoms with Gasteiger partial charge in [0.1, 0.15) is 5.00 Å². The molecule has 0 radical (unpaired) electrons. The van der Waals surface area contributed by atoms with E-state index in [1.54, 1.807) is 12.1 Å². The standard InChI is InChI=1S/C23H26N2O4S/c1-2-4-14-7-9-15(10-8-14)20(26)24-21-19(23(28)29)17-11-12-25(13-18(17)30-21)22(27)16-5-3-6-16/h7-10,16H,2-6,11-13H2,1H3,(H,24,26)(H,28,29).